The van der Waals surface area contributed by atoms with Crippen LogP contribution in [0.3, 0.4) is 0 Å². The molecule has 1 heterocycles. The first-order valence-corrected chi connectivity index (χ1v) is 6.29. The Morgan fingerprint density at radius 2 is 1.94 bits per heavy atom. The van der Waals surface area contributed by atoms with E-state index in [0.29, 0.717) is 5.88 Å². The molecule has 2 rings (SSSR count). The largest absolute Gasteiger partial charge is 0.439 e. The zero-order chi connectivity index (χ0) is 12.4. The number of halogens is 2. The summed E-state index contributed by atoms with van der Waals surface area (Å²) in [6, 6.07) is 7.51. The summed E-state index contributed by atoms with van der Waals surface area (Å²) in [6.45, 7) is 3.90. The van der Waals surface area contributed by atoms with Crippen LogP contribution in [0.2, 0.25) is 5.02 Å². The first-order chi connectivity index (χ1) is 8.06. The molecular weight excluding hydrogens is 302 g/mol. The Balaban J connectivity index is 2.28. The van der Waals surface area contributed by atoms with E-state index in [4.69, 9.17) is 16.3 Å². The summed E-state index contributed by atoms with van der Waals surface area (Å²) >= 11 is 9.33. The van der Waals surface area contributed by atoms with Gasteiger partial charge in [0, 0.05) is 21.3 Å². The summed E-state index contributed by atoms with van der Waals surface area (Å²) < 4.78 is 6.65. The number of rotatable bonds is 2. The van der Waals surface area contributed by atoms with Gasteiger partial charge in [-0.3, -0.25) is 0 Å². The first kappa shape index (κ1) is 12.4. The number of benzene rings is 1. The molecule has 2 nitrogen and oxygen atoms in total. The maximum Gasteiger partial charge on any atom is 0.222 e. The van der Waals surface area contributed by atoms with Gasteiger partial charge in [-0.1, -0.05) is 11.6 Å². The van der Waals surface area contributed by atoms with E-state index >= 15 is 0 Å². The summed E-state index contributed by atoms with van der Waals surface area (Å²) in [4.78, 5) is 4.22. The summed E-state index contributed by atoms with van der Waals surface area (Å²) in [6.07, 6.45) is 1.71. The molecule has 0 radical (unpaired) electrons. The lowest BCUT2D eigenvalue weighted by Gasteiger charge is -2.08. The first-order valence-electron chi connectivity index (χ1n) is 5.12. The van der Waals surface area contributed by atoms with Crippen LogP contribution in [0.5, 0.6) is 11.6 Å². The van der Waals surface area contributed by atoms with E-state index in [1.807, 2.05) is 38.1 Å². The van der Waals surface area contributed by atoms with Gasteiger partial charge in [0.25, 0.3) is 0 Å². The molecule has 1 aromatic carbocycles. The van der Waals surface area contributed by atoms with Gasteiger partial charge in [-0.15, -0.1) is 0 Å². The normalized spacial score (nSPS) is 10.4. The number of hydrogen-bond acceptors (Lipinski definition) is 2. The van der Waals surface area contributed by atoms with Crippen molar-refractivity contribution >= 4 is 27.5 Å². The molecule has 0 saturated carbocycles. The fraction of sp³-hybridized carbons (Fsp3) is 0.154. The van der Waals surface area contributed by atoms with Crippen LogP contribution in [0.4, 0.5) is 0 Å². The predicted octanol–water partition coefficient (Wildman–Crippen LogP) is 4.91. The summed E-state index contributed by atoms with van der Waals surface area (Å²) in [5.41, 5.74) is 1.96. The summed E-state index contributed by atoms with van der Waals surface area (Å²) in [5, 5.41) is 0.734. The molecule has 0 aliphatic heterocycles. The van der Waals surface area contributed by atoms with Crippen molar-refractivity contribution in [3.05, 3.63) is 51.1 Å². The van der Waals surface area contributed by atoms with Crippen LogP contribution in [0.15, 0.2) is 34.9 Å². The third-order valence-electron chi connectivity index (χ3n) is 2.34. The minimum absolute atomic E-state index is 0.606. The highest BCUT2D eigenvalue weighted by atomic mass is 79.9. The van der Waals surface area contributed by atoms with Crippen LogP contribution in [0.25, 0.3) is 0 Å². The highest BCUT2D eigenvalue weighted by Gasteiger charge is 2.05. The average Bonchev–Trinajstić information content (AvgIpc) is 2.27. The van der Waals surface area contributed by atoms with Crippen LogP contribution in [0, 0.1) is 13.8 Å². The Morgan fingerprint density at radius 3 is 2.59 bits per heavy atom. The molecule has 0 aliphatic carbocycles. The highest BCUT2D eigenvalue weighted by molar-refractivity contribution is 9.10. The molecular formula is C13H11BrClNO. The molecule has 0 unspecified atom stereocenters. The number of aromatic nitrogens is 1. The second-order valence-corrected chi connectivity index (χ2v) is 5.11. The van der Waals surface area contributed by atoms with Crippen molar-refractivity contribution in [3.63, 3.8) is 0 Å². The van der Waals surface area contributed by atoms with Gasteiger partial charge in [0.15, 0.2) is 0 Å². The van der Waals surface area contributed by atoms with Crippen LogP contribution in [-0.2, 0) is 0 Å². The Bertz CT molecular complexity index is 557. The van der Waals surface area contributed by atoms with E-state index in [0.717, 1.165) is 26.4 Å². The van der Waals surface area contributed by atoms with Crippen molar-refractivity contribution in [2.75, 3.05) is 0 Å². The lowest BCUT2D eigenvalue weighted by molar-refractivity contribution is 0.458. The molecule has 88 valence electrons. The fourth-order valence-corrected chi connectivity index (χ4v) is 1.99. The number of hydrogen-bond donors (Lipinski definition) is 0. The fourth-order valence-electron chi connectivity index (χ4n) is 1.43. The lowest BCUT2D eigenvalue weighted by atomic mass is 10.2. The zero-order valence-electron chi connectivity index (χ0n) is 9.50. The SMILES string of the molecule is Cc1cc(Oc2ncc(Br)cc2C)ccc1Cl. The molecule has 4 heteroatoms. The van der Waals surface area contributed by atoms with Crippen molar-refractivity contribution in [2.24, 2.45) is 0 Å². The van der Waals surface area contributed by atoms with Crippen LogP contribution >= 0.6 is 27.5 Å². The quantitative estimate of drug-likeness (QED) is 0.786. The second kappa shape index (κ2) is 5.07. The van der Waals surface area contributed by atoms with Crippen molar-refractivity contribution in [3.8, 4) is 11.6 Å². The third kappa shape index (κ3) is 2.99. The zero-order valence-corrected chi connectivity index (χ0v) is 11.8. The van der Waals surface area contributed by atoms with Gasteiger partial charge in [0.1, 0.15) is 5.75 Å². The maximum atomic E-state index is 5.96. The minimum atomic E-state index is 0.606. The highest BCUT2D eigenvalue weighted by Crippen LogP contribution is 2.27. The molecule has 0 atom stereocenters. The number of nitrogens with zero attached hydrogens (tertiary/aromatic N) is 1. The molecule has 1 aromatic heterocycles. The van der Waals surface area contributed by atoms with E-state index in [-0.39, 0.29) is 0 Å². The summed E-state index contributed by atoms with van der Waals surface area (Å²) in [5.74, 6) is 1.35. The van der Waals surface area contributed by atoms with E-state index in [1.54, 1.807) is 6.20 Å². The van der Waals surface area contributed by atoms with Gasteiger partial charge in [0.05, 0.1) is 0 Å². The van der Waals surface area contributed by atoms with Crippen LogP contribution in [-0.4, -0.2) is 4.98 Å². The summed E-state index contributed by atoms with van der Waals surface area (Å²) in [7, 11) is 0. The second-order valence-electron chi connectivity index (χ2n) is 3.79. The molecule has 0 bridgehead atoms. The Labute approximate surface area is 114 Å². The Kier molecular flexibility index (Phi) is 3.69. The molecule has 0 fully saturated rings. The monoisotopic (exact) mass is 311 g/mol. The Morgan fingerprint density at radius 1 is 1.18 bits per heavy atom. The molecule has 0 amide bonds. The number of pyridine rings is 1. The maximum absolute atomic E-state index is 5.96. The van der Waals surface area contributed by atoms with Gasteiger partial charge in [-0.05, 0) is 59.6 Å². The topological polar surface area (TPSA) is 22.1 Å². The molecule has 0 saturated heterocycles. The molecule has 0 spiro atoms. The van der Waals surface area contributed by atoms with Crippen molar-refractivity contribution in [2.45, 2.75) is 13.8 Å². The average molecular weight is 313 g/mol. The standard InChI is InChI=1S/C13H11BrClNO/c1-8-6-11(3-4-12(8)15)17-13-9(2)5-10(14)7-16-13/h3-7H,1-2H3. The lowest BCUT2D eigenvalue weighted by Crippen LogP contribution is -1.91. The smallest absolute Gasteiger partial charge is 0.222 e. The van der Waals surface area contributed by atoms with Crippen molar-refractivity contribution in [1.29, 1.82) is 0 Å². The number of ether oxygens (including phenoxy) is 1. The van der Waals surface area contributed by atoms with Gasteiger partial charge in [-0.25, -0.2) is 4.98 Å². The van der Waals surface area contributed by atoms with Crippen molar-refractivity contribution in [1.82, 2.24) is 4.98 Å². The van der Waals surface area contributed by atoms with Gasteiger partial charge in [-0.2, -0.15) is 0 Å². The van der Waals surface area contributed by atoms with Gasteiger partial charge < -0.3 is 4.74 Å². The number of aryl methyl sites for hydroxylation is 2. The van der Waals surface area contributed by atoms with E-state index in [2.05, 4.69) is 20.9 Å². The Hall–Kier alpha value is -1.06. The van der Waals surface area contributed by atoms with E-state index in [1.165, 1.54) is 0 Å². The van der Waals surface area contributed by atoms with E-state index < -0.39 is 0 Å². The molecule has 0 aliphatic rings. The van der Waals surface area contributed by atoms with Crippen LogP contribution < -0.4 is 4.74 Å². The van der Waals surface area contributed by atoms with Crippen LogP contribution in [0.1, 0.15) is 11.1 Å². The van der Waals surface area contributed by atoms with Crippen molar-refractivity contribution < 1.29 is 4.74 Å². The van der Waals surface area contributed by atoms with E-state index in [9.17, 15) is 0 Å². The molecule has 17 heavy (non-hydrogen) atoms. The molecule has 0 N–H and O–H groups in total. The van der Waals surface area contributed by atoms with Gasteiger partial charge >= 0.3 is 0 Å². The predicted molar refractivity (Wildman–Crippen MR) is 72.9 cm³/mol. The third-order valence-corrected chi connectivity index (χ3v) is 3.20. The minimum Gasteiger partial charge on any atom is -0.439 e. The van der Waals surface area contributed by atoms with Gasteiger partial charge in [0.2, 0.25) is 5.88 Å². The molecule has 2 aromatic rings.